The van der Waals surface area contributed by atoms with Crippen molar-refractivity contribution in [1.29, 1.82) is 10.5 Å². The molecule has 0 radical (unpaired) electrons. The highest BCUT2D eigenvalue weighted by atomic mass is 16.5. The van der Waals surface area contributed by atoms with Gasteiger partial charge in [0.1, 0.15) is 34.8 Å². The average Bonchev–Trinajstić information content (AvgIpc) is 2.55. The minimum atomic E-state index is -0.623. The molecule has 0 atom stereocenters. The van der Waals surface area contributed by atoms with Gasteiger partial charge in [-0.2, -0.15) is 10.5 Å². The van der Waals surface area contributed by atoms with Crippen LogP contribution in [-0.4, -0.2) is 11.1 Å². The maximum absolute atomic E-state index is 12.0. The first-order valence-electron chi connectivity index (χ1n) is 7.69. The molecular weight excluding hydrogens is 316 g/mol. The number of ether oxygens (including phenoxy) is 1. The number of nitrogens with zero attached hydrogens (tertiary/aromatic N) is 2. The summed E-state index contributed by atoms with van der Waals surface area (Å²) >= 11 is 0. The van der Waals surface area contributed by atoms with Gasteiger partial charge < -0.3 is 15.5 Å². The van der Waals surface area contributed by atoms with Crippen LogP contribution in [0.2, 0.25) is 0 Å². The number of anilines is 1. The lowest BCUT2D eigenvalue weighted by Gasteiger charge is -2.16. The van der Waals surface area contributed by atoms with Gasteiger partial charge in [0.05, 0.1) is 6.10 Å². The molecule has 6 nitrogen and oxygen atoms in total. The lowest BCUT2D eigenvalue weighted by molar-refractivity contribution is 0.240. The minimum absolute atomic E-state index is 0.00558. The van der Waals surface area contributed by atoms with E-state index in [2.05, 4.69) is 11.6 Å². The topological polar surface area (TPSA) is 116 Å². The zero-order chi connectivity index (χ0) is 18.6. The summed E-state index contributed by atoms with van der Waals surface area (Å²) in [6.45, 7) is 7.58. The second kappa shape index (κ2) is 7.37. The van der Waals surface area contributed by atoms with Gasteiger partial charge >= 0.3 is 0 Å². The molecule has 25 heavy (non-hydrogen) atoms. The van der Waals surface area contributed by atoms with Crippen LogP contribution >= 0.6 is 0 Å². The molecule has 1 heterocycles. The molecule has 0 saturated carbocycles. The Hall–Kier alpha value is -3.51. The van der Waals surface area contributed by atoms with Crippen LogP contribution < -0.4 is 16.0 Å². The van der Waals surface area contributed by atoms with Crippen LogP contribution in [0.5, 0.6) is 5.75 Å². The standard InChI is InChI=1S/C19H18N4O2/c1-4-5-12-8-13(6-7-16(12)25-11(2)3)17-14(9-20)18(22)23-19(24)15(17)10-21/h4,6-8,11H,1,5H2,2-3H3,(H3,22,23,24). The SMILES string of the molecule is C=CCc1cc(-c2c(C#N)c(N)[nH]c(=O)c2C#N)ccc1OC(C)C. The summed E-state index contributed by atoms with van der Waals surface area (Å²) in [4.78, 5) is 14.4. The van der Waals surface area contributed by atoms with Crippen molar-refractivity contribution in [3.8, 4) is 29.0 Å². The van der Waals surface area contributed by atoms with Crippen molar-refractivity contribution in [1.82, 2.24) is 4.98 Å². The Bertz CT molecular complexity index is 959. The third-order valence-electron chi connectivity index (χ3n) is 3.54. The van der Waals surface area contributed by atoms with Gasteiger partial charge in [-0.05, 0) is 43.5 Å². The molecule has 0 spiro atoms. The van der Waals surface area contributed by atoms with Gasteiger partial charge in [-0.25, -0.2) is 0 Å². The molecular formula is C19H18N4O2. The van der Waals surface area contributed by atoms with E-state index < -0.39 is 5.56 Å². The van der Waals surface area contributed by atoms with Crippen LogP contribution in [0.1, 0.15) is 30.5 Å². The van der Waals surface area contributed by atoms with Crippen molar-refractivity contribution in [3.63, 3.8) is 0 Å². The maximum atomic E-state index is 12.0. The summed E-state index contributed by atoms with van der Waals surface area (Å²) in [6.07, 6.45) is 2.27. The fraction of sp³-hybridized carbons (Fsp3) is 0.211. The van der Waals surface area contributed by atoms with Crippen molar-refractivity contribution in [3.05, 3.63) is 57.9 Å². The quantitative estimate of drug-likeness (QED) is 0.816. The second-order valence-electron chi connectivity index (χ2n) is 5.70. The zero-order valence-electron chi connectivity index (χ0n) is 14.1. The molecule has 126 valence electrons. The van der Waals surface area contributed by atoms with Gasteiger partial charge in [0.25, 0.3) is 5.56 Å². The summed E-state index contributed by atoms with van der Waals surface area (Å²) in [7, 11) is 0. The first-order chi connectivity index (χ1) is 11.9. The first-order valence-corrected chi connectivity index (χ1v) is 7.69. The number of nitrogen functional groups attached to an aromatic ring is 1. The third kappa shape index (κ3) is 3.54. The van der Waals surface area contributed by atoms with E-state index in [1.54, 1.807) is 24.3 Å². The predicted molar refractivity (Wildman–Crippen MR) is 96.0 cm³/mol. The molecule has 0 unspecified atom stereocenters. The Labute approximate surface area is 145 Å². The lowest BCUT2D eigenvalue weighted by Crippen LogP contribution is -2.16. The van der Waals surface area contributed by atoms with Gasteiger partial charge in [-0.15, -0.1) is 6.58 Å². The van der Waals surface area contributed by atoms with Crippen molar-refractivity contribution >= 4 is 5.82 Å². The molecule has 0 bridgehead atoms. The highest BCUT2D eigenvalue weighted by molar-refractivity contribution is 5.80. The van der Waals surface area contributed by atoms with Gasteiger partial charge in [0, 0.05) is 5.56 Å². The van der Waals surface area contributed by atoms with Crippen LogP contribution in [0.3, 0.4) is 0 Å². The summed E-state index contributed by atoms with van der Waals surface area (Å²) in [5.74, 6) is 0.628. The highest BCUT2D eigenvalue weighted by Gasteiger charge is 2.19. The van der Waals surface area contributed by atoms with E-state index in [0.717, 1.165) is 5.56 Å². The van der Waals surface area contributed by atoms with Gasteiger partial charge in [0.15, 0.2) is 0 Å². The number of allylic oxidation sites excluding steroid dienone is 1. The molecule has 2 aromatic rings. The number of nitrogens with one attached hydrogen (secondary N) is 1. The monoisotopic (exact) mass is 334 g/mol. The van der Waals surface area contributed by atoms with Crippen LogP contribution in [0.15, 0.2) is 35.6 Å². The summed E-state index contributed by atoms with van der Waals surface area (Å²) in [6, 6.07) is 9.08. The van der Waals surface area contributed by atoms with Crippen LogP contribution in [0, 0.1) is 22.7 Å². The van der Waals surface area contributed by atoms with Gasteiger partial charge in [-0.3, -0.25) is 4.79 Å². The number of hydrogen-bond acceptors (Lipinski definition) is 5. The lowest BCUT2D eigenvalue weighted by atomic mass is 9.94. The van der Waals surface area contributed by atoms with Crippen LogP contribution in [0.4, 0.5) is 5.82 Å². The number of H-pyrrole nitrogens is 1. The molecule has 0 fully saturated rings. The van der Waals surface area contributed by atoms with E-state index >= 15 is 0 Å². The third-order valence-corrected chi connectivity index (χ3v) is 3.54. The molecule has 0 aliphatic rings. The number of rotatable bonds is 5. The smallest absolute Gasteiger partial charge is 0.268 e. The summed E-state index contributed by atoms with van der Waals surface area (Å²) < 4.78 is 5.78. The normalized spacial score (nSPS) is 10.1. The molecule has 0 aliphatic carbocycles. The summed E-state index contributed by atoms with van der Waals surface area (Å²) in [5.41, 5.74) is 6.68. The number of hydrogen-bond donors (Lipinski definition) is 2. The van der Waals surface area contributed by atoms with Crippen molar-refractivity contribution in [2.24, 2.45) is 0 Å². The Balaban J connectivity index is 2.77. The maximum Gasteiger partial charge on any atom is 0.268 e. The molecule has 2 rings (SSSR count). The number of aromatic nitrogens is 1. The van der Waals surface area contributed by atoms with E-state index in [1.807, 2.05) is 26.0 Å². The van der Waals surface area contributed by atoms with E-state index in [1.165, 1.54) is 0 Å². The van der Waals surface area contributed by atoms with Crippen molar-refractivity contribution < 1.29 is 4.74 Å². The van der Waals surface area contributed by atoms with Crippen LogP contribution in [-0.2, 0) is 6.42 Å². The zero-order valence-corrected chi connectivity index (χ0v) is 14.1. The number of benzene rings is 1. The molecule has 0 saturated heterocycles. The Morgan fingerprint density at radius 3 is 2.56 bits per heavy atom. The molecule has 1 aromatic carbocycles. The molecule has 1 aromatic heterocycles. The molecule has 0 amide bonds. The largest absolute Gasteiger partial charge is 0.491 e. The van der Waals surface area contributed by atoms with E-state index in [4.69, 9.17) is 10.5 Å². The second-order valence-corrected chi connectivity index (χ2v) is 5.70. The predicted octanol–water partition coefficient (Wildman–Crippen LogP) is 2.88. The highest BCUT2D eigenvalue weighted by Crippen LogP contribution is 2.32. The molecule has 0 aliphatic heterocycles. The molecule has 3 N–H and O–H groups in total. The average molecular weight is 334 g/mol. The Kier molecular flexibility index (Phi) is 5.26. The Morgan fingerprint density at radius 2 is 2.00 bits per heavy atom. The number of aromatic amines is 1. The van der Waals surface area contributed by atoms with E-state index in [9.17, 15) is 15.3 Å². The molecule has 6 heteroatoms. The number of nitriles is 2. The first kappa shape index (κ1) is 17.8. The van der Waals surface area contributed by atoms with Crippen LogP contribution in [0.25, 0.3) is 11.1 Å². The fourth-order valence-corrected chi connectivity index (χ4v) is 2.55. The van der Waals surface area contributed by atoms with Gasteiger partial charge in [-0.1, -0.05) is 12.1 Å². The number of pyridine rings is 1. The van der Waals surface area contributed by atoms with Crippen molar-refractivity contribution in [2.45, 2.75) is 26.4 Å². The fourth-order valence-electron chi connectivity index (χ4n) is 2.55. The summed E-state index contributed by atoms with van der Waals surface area (Å²) in [5, 5.41) is 18.8. The Morgan fingerprint density at radius 1 is 1.32 bits per heavy atom. The van der Waals surface area contributed by atoms with Gasteiger partial charge in [0.2, 0.25) is 0 Å². The number of nitrogens with two attached hydrogens (primary N) is 1. The van der Waals surface area contributed by atoms with Crippen molar-refractivity contribution in [2.75, 3.05) is 5.73 Å². The van der Waals surface area contributed by atoms with E-state index in [-0.39, 0.29) is 28.6 Å². The van der Waals surface area contributed by atoms with E-state index in [0.29, 0.717) is 17.7 Å². The minimum Gasteiger partial charge on any atom is -0.491 e.